The summed E-state index contributed by atoms with van der Waals surface area (Å²) in [5.74, 6) is -1.70. The number of carbonyl (C=O) groups excluding carboxylic acids is 3. The van der Waals surface area contributed by atoms with Gasteiger partial charge >= 0.3 is 12.1 Å². The highest BCUT2D eigenvalue weighted by atomic mass is 35.5. The Morgan fingerprint density at radius 2 is 1.72 bits per heavy atom. The first kappa shape index (κ1) is 30.6. The lowest BCUT2D eigenvalue weighted by molar-refractivity contribution is -0.137. The minimum Gasteiger partial charge on any atom is -0.492 e. The third-order valence-electron chi connectivity index (χ3n) is 5.24. The molecule has 0 fully saturated rings. The molecule has 0 saturated carbocycles. The zero-order valence-corrected chi connectivity index (χ0v) is 23.4. The summed E-state index contributed by atoms with van der Waals surface area (Å²) >= 11 is 18.6. The molecule has 2 N–H and O–H groups in total. The summed E-state index contributed by atoms with van der Waals surface area (Å²) in [4.78, 5) is 37.9. The van der Waals surface area contributed by atoms with Crippen molar-refractivity contribution in [1.29, 1.82) is 0 Å². The first-order chi connectivity index (χ1) is 18.3. The quantitative estimate of drug-likeness (QED) is 0.187. The lowest BCUT2D eigenvalue weighted by Crippen LogP contribution is -2.15. The fourth-order valence-corrected chi connectivity index (χ4v) is 5.07. The maximum absolute atomic E-state index is 13.1. The van der Waals surface area contributed by atoms with Gasteiger partial charge in [-0.2, -0.15) is 13.2 Å². The van der Waals surface area contributed by atoms with E-state index < -0.39 is 29.5 Å². The number of carbonyl (C=O) groups is 3. The average Bonchev–Trinajstić information content (AvgIpc) is 3.18. The Bertz CT molecular complexity index is 1410. The number of methoxy groups -OCH3 is 1. The van der Waals surface area contributed by atoms with Crippen LogP contribution in [0.5, 0.6) is 5.75 Å². The minimum atomic E-state index is -4.65. The summed E-state index contributed by atoms with van der Waals surface area (Å²) in [6, 6.07) is 7.22. The molecule has 208 valence electrons. The van der Waals surface area contributed by atoms with Crippen LogP contribution in [-0.2, 0) is 15.7 Å². The molecule has 1 heterocycles. The number of alkyl halides is 3. The van der Waals surface area contributed by atoms with Crippen molar-refractivity contribution in [2.45, 2.75) is 25.9 Å². The van der Waals surface area contributed by atoms with Gasteiger partial charge in [0, 0.05) is 11.4 Å². The summed E-state index contributed by atoms with van der Waals surface area (Å²) in [7, 11) is 1.13. The Kier molecular flexibility index (Phi) is 10.1. The molecule has 0 saturated heterocycles. The van der Waals surface area contributed by atoms with E-state index in [1.54, 1.807) is 12.1 Å². The lowest BCUT2D eigenvalue weighted by atomic mass is 10.1. The van der Waals surface area contributed by atoms with Crippen LogP contribution >= 0.6 is 46.1 Å². The Morgan fingerprint density at radius 3 is 2.36 bits per heavy atom. The SMILES string of the molecule is COC(=O)c1c(NC(=O)CCCOc2ccc(Cl)cc2Cl)sc(C(=O)Nc2cc(C(F)(F)F)ccc2Cl)c1C. The molecule has 0 aliphatic rings. The smallest absolute Gasteiger partial charge is 0.416 e. The highest BCUT2D eigenvalue weighted by molar-refractivity contribution is 7.19. The molecule has 3 aromatic rings. The molecule has 1 aromatic heterocycles. The normalized spacial score (nSPS) is 11.2. The van der Waals surface area contributed by atoms with Crippen molar-refractivity contribution in [3.63, 3.8) is 0 Å². The van der Waals surface area contributed by atoms with Crippen LogP contribution in [0.15, 0.2) is 36.4 Å². The number of benzene rings is 2. The topological polar surface area (TPSA) is 93.7 Å². The van der Waals surface area contributed by atoms with E-state index in [1.807, 2.05) is 0 Å². The molecule has 0 aliphatic carbocycles. The van der Waals surface area contributed by atoms with Crippen molar-refractivity contribution < 1.29 is 37.0 Å². The van der Waals surface area contributed by atoms with Gasteiger partial charge in [0.2, 0.25) is 5.91 Å². The summed E-state index contributed by atoms with van der Waals surface area (Å²) in [5, 5.41) is 5.62. The van der Waals surface area contributed by atoms with E-state index in [0.717, 1.165) is 30.6 Å². The van der Waals surface area contributed by atoms with Crippen molar-refractivity contribution in [3.05, 3.63) is 73.0 Å². The van der Waals surface area contributed by atoms with Gasteiger partial charge in [0.15, 0.2) is 0 Å². The van der Waals surface area contributed by atoms with Crippen LogP contribution in [0.4, 0.5) is 23.9 Å². The number of esters is 1. The molecular formula is C25H20Cl3F3N2O5S. The third kappa shape index (κ3) is 7.78. The molecule has 2 aromatic carbocycles. The van der Waals surface area contributed by atoms with Crippen LogP contribution in [0.25, 0.3) is 0 Å². The first-order valence-electron chi connectivity index (χ1n) is 11.1. The molecule has 0 bridgehead atoms. The van der Waals surface area contributed by atoms with E-state index in [2.05, 4.69) is 10.6 Å². The molecular weight excluding hydrogens is 604 g/mol. The molecule has 2 amide bonds. The van der Waals surface area contributed by atoms with Crippen LogP contribution in [0.1, 0.15) is 44.0 Å². The van der Waals surface area contributed by atoms with Crippen molar-refractivity contribution >= 4 is 74.6 Å². The average molecular weight is 624 g/mol. The number of amides is 2. The largest absolute Gasteiger partial charge is 0.492 e. The number of hydrogen-bond donors (Lipinski definition) is 2. The van der Waals surface area contributed by atoms with E-state index in [1.165, 1.54) is 13.0 Å². The van der Waals surface area contributed by atoms with Crippen LogP contribution in [-0.4, -0.2) is 31.5 Å². The number of rotatable bonds is 9. The number of anilines is 2. The number of nitrogens with one attached hydrogen (secondary N) is 2. The predicted octanol–water partition coefficient (Wildman–Crippen LogP) is 7.87. The van der Waals surface area contributed by atoms with E-state index in [0.29, 0.717) is 28.3 Å². The second-order valence-electron chi connectivity index (χ2n) is 7.97. The molecule has 0 unspecified atom stereocenters. The fourth-order valence-electron chi connectivity index (χ4n) is 3.34. The van der Waals surface area contributed by atoms with Crippen LogP contribution in [0, 0.1) is 6.92 Å². The van der Waals surface area contributed by atoms with Gasteiger partial charge in [0.05, 0.1) is 45.5 Å². The van der Waals surface area contributed by atoms with Gasteiger partial charge in [0.25, 0.3) is 5.91 Å². The van der Waals surface area contributed by atoms with Crippen LogP contribution in [0.3, 0.4) is 0 Å². The summed E-state index contributed by atoms with van der Waals surface area (Å²) in [6.07, 6.45) is -4.35. The standard InChI is InChI=1S/C25H20Cl3F3N2O5S/c1-12-20(24(36)37-2)23(33-19(34)4-3-9-38-18-8-6-14(26)11-16(18)28)39-21(12)22(35)32-17-10-13(25(29,30)31)5-7-15(17)27/h5-8,10-11H,3-4,9H2,1-2H3,(H,32,35)(H,33,34). The van der Waals surface area contributed by atoms with Gasteiger partial charge in [-0.3, -0.25) is 9.59 Å². The Balaban J connectivity index is 1.72. The summed E-state index contributed by atoms with van der Waals surface area (Å²) < 4.78 is 49.6. The van der Waals surface area contributed by atoms with E-state index in [4.69, 9.17) is 44.3 Å². The summed E-state index contributed by atoms with van der Waals surface area (Å²) in [5.41, 5.74) is -1.16. The Morgan fingerprint density at radius 1 is 1.00 bits per heavy atom. The fraction of sp³-hybridized carbons (Fsp3) is 0.240. The Labute approximate surface area is 240 Å². The molecule has 3 rings (SSSR count). The zero-order chi connectivity index (χ0) is 28.9. The van der Waals surface area contributed by atoms with Gasteiger partial charge in [-0.1, -0.05) is 34.8 Å². The molecule has 39 heavy (non-hydrogen) atoms. The first-order valence-corrected chi connectivity index (χ1v) is 13.0. The van der Waals surface area contributed by atoms with Gasteiger partial charge in [-0.15, -0.1) is 11.3 Å². The molecule has 0 radical (unpaired) electrons. The molecule has 0 aliphatic heterocycles. The van der Waals surface area contributed by atoms with E-state index >= 15 is 0 Å². The van der Waals surface area contributed by atoms with Crippen LogP contribution in [0.2, 0.25) is 15.1 Å². The second kappa shape index (κ2) is 12.9. The van der Waals surface area contributed by atoms with Crippen molar-refractivity contribution in [3.8, 4) is 5.75 Å². The van der Waals surface area contributed by atoms with Gasteiger partial charge in [0.1, 0.15) is 10.8 Å². The maximum atomic E-state index is 13.1. The van der Waals surface area contributed by atoms with E-state index in [9.17, 15) is 27.6 Å². The van der Waals surface area contributed by atoms with Crippen molar-refractivity contribution in [2.75, 3.05) is 24.4 Å². The van der Waals surface area contributed by atoms with Gasteiger partial charge < -0.3 is 20.1 Å². The number of ether oxygens (including phenoxy) is 2. The summed E-state index contributed by atoms with van der Waals surface area (Å²) in [6.45, 7) is 1.61. The van der Waals surface area contributed by atoms with Crippen LogP contribution < -0.4 is 15.4 Å². The highest BCUT2D eigenvalue weighted by Crippen LogP contribution is 2.37. The third-order valence-corrected chi connectivity index (χ3v) is 7.30. The Hall–Kier alpha value is -2.99. The van der Waals surface area contributed by atoms with Gasteiger partial charge in [-0.05, 0) is 55.3 Å². The number of halogens is 6. The molecule has 0 spiro atoms. The zero-order valence-electron chi connectivity index (χ0n) is 20.3. The monoisotopic (exact) mass is 622 g/mol. The van der Waals surface area contributed by atoms with E-state index in [-0.39, 0.29) is 44.7 Å². The maximum Gasteiger partial charge on any atom is 0.416 e. The number of hydrogen-bond acceptors (Lipinski definition) is 6. The van der Waals surface area contributed by atoms with Crippen molar-refractivity contribution in [1.82, 2.24) is 0 Å². The lowest BCUT2D eigenvalue weighted by Gasteiger charge is -2.11. The molecule has 14 heteroatoms. The number of thiophene rings is 1. The van der Waals surface area contributed by atoms with Crippen molar-refractivity contribution in [2.24, 2.45) is 0 Å². The van der Waals surface area contributed by atoms with Gasteiger partial charge in [-0.25, -0.2) is 4.79 Å². The highest BCUT2D eigenvalue weighted by Gasteiger charge is 2.32. The second-order valence-corrected chi connectivity index (χ2v) is 10.2. The minimum absolute atomic E-state index is 0.00411. The molecule has 7 nitrogen and oxygen atoms in total. The molecule has 0 atom stereocenters. The predicted molar refractivity (Wildman–Crippen MR) is 145 cm³/mol.